The van der Waals surface area contributed by atoms with E-state index in [0.29, 0.717) is 18.4 Å². The van der Waals surface area contributed by atoms with Crippen LogP contribution in [-0.4, -0.2) is 35.6 Å². The fourth-order valence-corrected chi connectivity index (χ4v) is 3.54. The Hall–Kier alpha value is -0.570. The van der Waals surface area contributed by atoms with Gasteiger partial charge in [0.2, 0.25) is 0 Å². The molecule has 3 nitrogen and oxygen atoms in total. The number of nitrogens with zero attached hydrogens (tertiary/aromatic N) is 1. The third kappa shape index (κ3) is 2.33. The van der Waals surface area contributed by atoms with E-state index in [1.165, 1.54) is 25.7 Å². The number of carbonyl (C=O) groups is 1. The molecule has 1 N–H and O–H groups in total. The Labute approximate surface area is 91.5 Å². The number of aliphatic carboxylic acids is 1. The molecule has 0 aromatic carbocycles. The number of rotatable bonds is 3. The van der Waals surface area contributed by atoms with Gasteiger partial charge in [-0.05, 0) is 44.7 Å². The fourth-order valence-electron chi connectivity index (χ4n) is 3.54. The van der Waals surface area contributed by atoms with Gasteiger partial charge in [0.15, 0.2) is 0 Å². The predicted octanol–water partition coefficient (Wildman–Crippen LogP) is 1.97. The van der Waals surface area contributed by atoms with Crippen LogP contribution in [0.4, 0.5) is 0 Å². The minimum Gasteiger partial charge on any atom is -0.481 e. The Bertz CT molecular complexity index is 236. The molecule has 2 atom stereocenters. The zero-order valence-electron chi connectivity index (χ0n) is 9.48. The molecule has 2 fully saturated rings. The molecule has 0 spiro atoms. The average molecular weight is 211 g/mol. The van der Waals surface area contributed by atoms with Crippen LogP contribution < -0.4 is 0 Å². The summed E-state index contributed by atoms with van der Waals surface area (Å²) in [6.45, 7) is 1.08. The third-order valence-corrected chi connectivity index (χ3v) is 4.16. The normalized spacial score (nSPS) is 33.7. The van der Waals surface area contributed by atoms with Crippen molar-refractivity contribution in [3.8, 4) is 0 Å². The minimum absolute atomic E-state index is 0.367. The van der Waals surface area contributed by atoms with Crippen LogP contribution in [0.25, 0.3) is 0 Å². The van der Waals surface area contributed by atoms with Gasteiger partial charge in [0.1, 0.15) is 0 Å². The highest BCUT2D eigenvalue weighted by Crippen LogP contribution is 2.38. The molecule has 0 unspecified atom stereocenters. The zero-order chi connectivity index (χ0) is 10.8. The third-order valence-electron chi connectivity index (χ3n) is 4.16. The zero-order valence-corrected chi connectivity index (χ0v) is 9.48. The lowest BCUT2D eigenvalue weighted by Gasteiger charge is -2.30. The highest BCUT2D eigenvalue weighted by atomic mass is 16.4. The molecule has 1 aliphatic carbocycles. The number of likely N-dealkylation sites (tertiary alicyclic amines) is 1. The van der Waals surface area contributed by atoms with E-state index in [4.69, 9.17) is 5.11 Å². The lowest BCUT2D eigenvalue weighted by Crippen LogP contribution is -2.36. The van der Waals surface area contributed by atoms with Crippen molar-refractivity contribution in [3.05, 3.63) is 0 Å². The molecular formula is C12H21NO2. The molecule has 0 aromatic rings. The van der Waals surface area contributed by atoms with E-state index in [1.807, 2.05) is 0 Å². The summed E-state index contributed by atoms with van der Waals surface area (Å²) in [5, 5.41) is 8.90. The van der Waals surface area contributed by atoms with Crippen LogP contribution in [0.15, 0.2) is 0 Å². The summed E-state index contributed by atoms with van der Waals surface area (Å²) >= 11 is 0. The Kier molecular flexibility index (Phi) is 3.29. The van der Waals surface area contributed by atoms with Gasteiger partial charge in [-0.25, -0.2) is 0 Å². The molecule has 0 radical (unpaired) electrons. The summed E-state index contributed by atoms with van der Waals surface area (Å²) in [5.41, 5.74) is 0. The quantitative estimate of drug-likeness (QED) is 0.776. The van der Waals surface area contributed by atoms with Crippen LogP contribution in [0.5, 0.6) is 0 Å². The first-order valence-corrected chi connectivity index (χ1v) is 6.10. The van der Waals surface area contributed by atoms with Gasteiger partial charge in [0.25, 0.3) is 0 Å². The summed E-state index contributed by atoms with van der Waals surface area (Å²) in [4.78, 5) is 13.2. The molecule has 0 aromatic heterocycles. The number of carboxylic acids is 1. The van der Waals surface area contributed by atoms with E-state index in [2.05, 4.69) is 11.9 Å². The van der Waals surface area contributed by atoms with Crippen molar-refractivity contribution in [1.29, 1.82) is 0 Å². The standard InChI is InChI=1S/C12H21NO2/c1-13-7-6-10(8-11(14)15)12(13)9-4-2-3-5-9/h9-10,12H,2-8H2,1H3,(H,14,15)/t10-,12-/m1/s1. The van der Waals surface area contributed by atoms with Crippen LogP contribution in [0.1, 0.15) is 38.5 Å². The molecule has 0 bridgehead atoms. The van der Waals surface area contributed by atoms with E-state index < -0.39 is 5.97 Å². The van der Waals surface area contributed by atoms with Gasteiger partial charge in [-0.2, -0.15) is 0 Å². The summed E-state index contributed by atoms with van der Waals surface area (Å²) in [6, 6.07) is 0.545. The molecule has 1 aliphatic heterocycles. The van der Waals surface area contributed by atoms with E-state index in [9.17, 15) is 4.79 Å². The van der Waals surface area contributed by atoms with Gasteiger partial charge >= 0.3 is 5.97 Å². The van der Waals surface area contributed by atoms with Crippen molar-refractivity contribution < 1.29 is 9.90 Å². The van der Waals surface area contributed by atoms with Gasteiger partial charge in [0, 0.05) is 12.5 Å². The molecule has 1 saturated heterocycles. The van der Waals surface area contributed by atoms with Gasteiger partial charge < -0.3 is 10.0 Å². The first-order chi connectivity index (χ1) is 7.18. The Balaban J connectivity index is 2.00. The van der Waals surface area contributed by atoms with Crippen LogP contribution in [-0.2, 0) is 4.79 Å². The van der Waals surface area contributed by atoms with Crippen molar-refractivity contribution in [2.45, 2.75) is 44.6 Å². The van der Waals surface area contributed by atoms with Crippen molar-refractivity contribution in [3.63, 3.8) is 0 Å². The number of hydrogen-bond acceptors (Lipinski definition) is 2. The molecule has 0 amide bonds. The van der Waals surface area contributed by atoms with Gasteiger partial charge in [-0.1, -0.05) is 12.8 Å². The summed E-state index contributed by atoms with van der Waals surface area (Å²) in [6.07, 6.45) is 6.75. The van der Waals surface area contributed by atoms with E-state index >= 15 is 0 Å². The van der Waals surface area contributed by atoms with Crippen molar-refractivity contribution in [2.24, 2.45) is 11.8 Å². The smallest absolute Gasteiger partial charge is 0.303 e. The molecule has 2 rings (SSSR count). The fraction of sp³-hybridized carbons (Fsp3) is 0.917. The number of carboxylic acid groups (broad SMARTS) is 1. The molecular weight excluding hydrogens is 190 g/mol. The molecule has 2 aliphatic rings. The average Bonchev–Trinajstić information content (AvgIpc) is 2.74. The van der Waals surface area contributed by atoms with Crippen LogP contribution in [0.2, 0.25) is 0 Å². The lowest BCUT2D eigenvalue weighted by molar-refractivity contribution is -0.138. The molecule has 1 saturated carbocycles. The van der Waals surface area contributed by atoms with Crippen molar-refractivity contribution >= 4 is 5.97 Å². The first-order valence-electron chi connectivity index (χ1n) is 6.10. The van der Waals surface area contributed by atoms with Crippen LogP contribution in [0, 0.1) is 11.8 Å². The summed E-state index contributed by atoms with van der Waals surface area (Å²) in [5.74, 6) is 0.538. The maximum absolute atomic E-state index is 10.8. The SMILES string of the molecule is CN1CC[C@H](CC(=O)O)[C@H]1C1CCCC1. The molecule has 1 heterocycles. The van der Waals surface area contributed by atoms with Crippen LogP contribution >= 0.6 is 0 Å². The van der Waals surface area contributed by atoms with E-state index in [1.54, 1.807) is 0 Å². The second-order valence-corrected chi connectivity index (χ2v) is 5.16. The highest BCUT2D eigenvalue weighted by Gasteiger charge is 2.39. The van der Waals surface area contributed by atoms with E-state index in [0.717, 1.165) is 18.9 Å². The van der Waals surface area contributed by atoms with Crippen molar-refractivity contribution in [2.75, 3.05) is 13.6 Å². The second-order valence-electron chi connectivity index (χ2n) is 5.16. The minimum atomic E-state index is -0.627. The van der Waals surface area contributed by atoms with Gasteiger partial charge in [-0.15, -0.1) is 0 Å². The van der Waals surface area contributed by atoms with Gasteiger partial charge in [0.05, 0.1) is 0 Å². The Morgan fingerprint density at radius 1 is 1.33 bits per heavy atom. The maximum Gasteiger partial charge on any atom is 0.303 e. The summed E-state index contributed by atoms with van der Waals surface area (Å²) < 4.78 is 0. The summed E-state index contributed by atoms with van der Waals surface area (Å²) in [7, 11) is 2.16. The Morgan fingerprint density at radius 2 is 2.00 bits per heavy atom. The maximum atomic E-state index is 10.8. The highest BCUT2D eigenvalue weighted by molar-refractivity contribution is 5.67. The monoisotopic (exact) mass is 211 g/mol. The molecule has 15 heavy (non-hydrogen) atoms. The predicted molar refractivity (Wildman–Crippen MR) is 58.7 cm³/mol. The largest absolute Gasteiger partial charge is 0.481 e. The second kappa shape index (κ2) is 4.52. The van der Waals surface area contributed by atoms with Crippen LogP contribution in [0.3, 0.4) is 0 Å². The lowest BCUT2D eigenvalue weighted by atomic mass is 9.86. The van der Waals surface area contributed by atoms with E-state index in [-0.39, 0.29) is 0 Å². The topological polar surface area (TPSA) is 40.5 Å². The molecule has 86 valence electrons. The first kappa shape index (κ1) is 10.9. The molecule has 3 heteroatoms. The van der Waals surface area contributed by atoms with Crippen molar-refractivity contribution in [1.82, 2.24) is 4.90 Å². The Morgan fingerprint density at radius 3 is 2.60 bits per heavy atom. The number of hydrogen-bond donors (Lipinski definition) is 1. The van der Waals surface area contributed by atoms with Gasteiger partial charge in [-0.3, -0.25) is 4.79 Å².